The first-order valence-electron chi connectivity index (χ1n) is 12.6. The van der Waals surface area contributed by atoms with Gasteiger partial charge in [-0.2, -0.15) is 0 Å². The number of piperazine rings is 1. The second kappa shape index (κ2) is 9.84. The Bertz CT molecular complexity index is 1270. The van der Waals surface area contributed by atoms with E-state index in [4.69, 9.17) is 27.9 Å². The van der Waals surface area contributed by atoms with E-state index >= 15 is 4.39 Å². The zero-order valence-electron chi connectivity index (χ0n) is 20.6. The third kappa shape index (κ3) is 4.51. The summed E-state index contributed by atoms with van der Waals surface area (Å²) in [6, 6.07) is 4.84. The average molecular weight is 569 g/mol. The summed E-state index contributed by atoms with van der Waals surface area (Å²) >= 11 is 14.5. The highest BCUT2D eigenvalue weighted by molar-refractivity contribution is 7.99. The lowest BCUT2D eigenvalue weighted by molar-refractivity contribution is -0.214. The standard InChI is InChI=1S/C26H29Cl2F2N5OS/c1-12-7-35(13(2)6-32-12)26(31)16-4-18(28)23(15-3-17(27)20(30)5-19(15)29)25-24(16)33-14(11-37-25)8-34-9-22-21(34)10-36-22/h3-5,12-14,21-22,31-33H,6-11H2,1-2H3/t12-,13+,14+,21?,22?/m1/s1. The van der Waals surface area contributed by atoms with E-state index in [2.05, 4.69) is 34.3 Å². The highest BCUT2D eigenvalue weighted by Gasteiger charge is 2.47. The molecule has 4 heterocycles. The van der Waals surface area contributed by atoms with Gasteiger partial charge in [-0.25, -0.2) is 8.78 Å². The molecule has 5 atom stereocenters. The fourth-order valence-corrected chi connectivity index (χ4v) is 7.40. The molecule has 11 heteroatoms. The molecule has 0 radical (unpaired) electrons. The molecule has 6 nitrogen and oxygen atoms in total. The third-order valence-electron chi connectivity index (χ3n) is 7.85. The number of rotatable bonds is 4. The molecule has 3 saturated heterocycles. The van der Waals surface area contributed by atoms with E-state index in [1.54, 1.807) is 17.8 Å². The Kier molecular flexibility index (Phi) is 6.82. The summed E-state index contributed by atoms with van der Waals surface area (Å²) in [5, 5.41) is 16.5. The smallest absolute Gasteiger partial charge is 0.144 e. The van der Waals surface area contributed by atoms with Crippen LogP contribution in [0.1, 0.15) is 19.4 Å². The lowest BCUT2D eigenvalue weighted by atomic mass is 9.94. The van der Waals surface area contributed by atoms with Gasteiger partial charge in [0.15, 0.2) is 0 Å². The summed E-state index contributed by atoms with van der Waals surface area (Å²) in [7, 11) is 0. The molecule has 0 aromatic heterocycles. The quantitative estimate of drug-likeness (QED) is 0.277. The topological polar surface area (TPSA) is 63.6 Å². The minimum atomic E-state index is -0.813. The highest BCUT2D eigenvalue weighted by atomic mass is 35.5. The predicted octanol–water partition coefficient (Wildman–Crippen LogP) is 4.92. The summed E-state index contributed by atoms with van der Waals surface area (Å²) in [5.41, 5.74) is 2.08. The molecule has 4 aliphatic heterocycles. The van der Waals surface area contributed by atoms with Crippen molar-refractivity contribution in [2.45, 2.75) is 49.0 Å². The fraction of sp³-hybridized carbons (Fsp3) is 0.500. The number of thioether (sulfide) groups is 1. The van der Waals surface area contributed by atoms with Gasteiger partial charge in [0.2, 0.25) is 0 Å². The number of hydrogen-bond acceptors (Lipinski definition) is 6. The van der Waals surface area contributed by atoms with Gasteiger partial charge in [0.05, 0.1) is 34.5 Å². The predicted molar refractivity (Wildman–Crippen MR) is 146 cm³/mol. The molecule has 4 aliphatic rings. The molecular formula is C26H29Cl2F2N5OS. The Labute approximate surface area is 229 Å². The monoisotopic (exact) mass is 567 g/mol. The van der Waals surface area contributed by atoms with Crippen molar-refractivity contribution in [2.24, 2.45) is 0 Å². The van der Waals surface area contributed by atoms with Gasteiger partial charge < -0.3 is 20.3 Å². The van der Waals surface area contributed by atoms with Gasteiger partial charge in [0.25, 0.3) is 0 Å². The van der Waals surface area contributed by atoms with Crippen LogP contribution < -0.4 is 10.6 Å². The molecular weight excluding hydrogens is 539 g/mol. The summed E-state index contributed by atoms with van der Waals surface area (Å²) in [5.74, 6) is -0.405. The number of halogens is 4. The third-order valence-corrected chi connectivity index (χ3v) is 9.70. The number of nitrogens with zero attached hydrogens (tertiary/aromatic N) is 2. The second-order valence-corrected chi connectivity index (χ2v) is 12.3. The van der Waals surface area contributed by atoms with E-state index in [0.29, 0.717) is 40.7 Å². The zero-order chi connectivity index (χ0) is 26.0. The summed E-state index contributed by atoms with van der Waals surface area (Å²) < 4.78 is 34.6. The van der Waals surface area contributed by atoms with Crippen LogP contribution >= 0.6 is 35.0 Å². The van der Waals surface area contributed by atoms with Crippen molar-refractivity contribution >= 4 is 46.5 Å². The van der Waals surface area contributed by atoms with Gasteiger partial charge in [0, 0.05) is 77.7 Å². The maximum Gasteiger partial charge on any atom is 0.144 e. The molecule has 37 heavy (non-hydrogen) atoms. The van der Waals surface area contributed by atoms with E-state index in [1.165, 1.54) is 6.07 Å². The zero-order valence-corrected chi connectivity index (χ0v) is 22.9. The van der Waals surface area contributed by atoms with Crippen LogP contribution in [-0.4, -0.2) is 84.4 Å². The number of hydrogen-bond donors (Lipinski definition) is 3. The Balaban J connectivity index is 1.41. The summed E-state index contributed by atoms with van der Waals surface area (Å²) in [6.07, 6.45) is 0.361. The van der Waals surface area contributed by atoms with E-state index < -0.39 is 11.6 Å². The van der Waals surface area contributed by atoms with Gasteiger partial charge in [-0.05, 0) is 26.0 Å². The Morgan fingerprint density at radius 1 is 1.16 bits per heavy atom. The molecule has 3 fully saturated rings. The molecule has 0 aliphatic carbocycles. The first-order chi connectivity index (χ1) is 17.7. The minimum absolute atomic E-state index is 0.134. The van der Waals surface area contributed by atoms with Crippen LogP contribution in [0.3, 0.4) is 0 Å². The first kappa shape index (κ1) is 25.6. The van der Waals surface area contributed by atoms with Crippen LogP contribution in [0, 0.1) is 17.0 Å². The van der Waals surface area contributed by atoms with Crippen LogP contribution in [0.25, 0.3) is 11.1 Å². The van der Waals surface area contributed by atoms with E-state index in [0.717, 1.165) is 48.6 Å². The van der Waals surface area contributed by atoms with Crippen LogP contribution in [0.4, 0.5) is 14.5 Å². The largest absolute Gasteiger partial charge is 0.379 e. The van der Waals surface area contributed by atoms with Crippen LogP contribution in [0.2, 0.25) is 10.0 Å². The molecule has 3 N–H and O–H groups in total. The number of benzene rings is 2. The fourth-order valence-electron chi connectivity index (χ4n) is 5.64. The lowest BCUT2D eigenvalue weighted by Gasteiger charge is -2.56. The highest BCUT2D eigenvalue weighted by Crippen LogP contribution is 2.48. The molecule has 2 aromatic rings. The lowest BCUT2D eigenvalue weighted by Crippen LogP contribution is -2.71. The number of morpholine rings is 1. The van der Waals surface area contributed by atoms with E-state index in [9.17, 15) is 9.80 Å². The van der Waals surface area contributed by atoms with Crippen molar-refractivity contribution in [3.8, 4) is 11.1 Å². The van der Waals surface area contributed by atoms with Crippen molar-refractivity contribution < 1.29 is 13.5 Å². The average Bonchev–Trinajstić information content (AvgIpc) is 2.85. The van der Waals surface area contributed by atoms with Crippen molar-refractivity contribution in [3.63, 3.8) is 0 Å². The first-order valence-corrected chi connectivity index (χ1v) is 14.3. The SMILES string of the molecule is C[C@@H]1CN(C(=N)c2cc(Cl)c(-c3cc(Cl)c(F)cc3F)c3c2N[C@@H](CN2CC4OCC42)CS3)[C@@H](C)CN1. The number of anilines is 1. The van der Waals surface area contributed by atoms with E-state index in [-0.39, 0.29) is 28.7 Å². The molecule has 2 unspecified atom stereocenters. The molecule has 2 aromatic carbocycles. The van der Waals surface area contributed by atoms with Crippen LogP contribution in [0.5, 0.6) is 0 Å². The van der Waals surface area contributed by atoms with Crippen molar-refractivity contribution in [1.82, 2.24) is 15.1 Å². The number of fused-ring (bicyclic) bond motifs is 2. The van der Waals surface area contributed by atoms with Crippen LogP contribution in [-0.2, 0) is 4.74 Å². The molecule has 6 rings (SSSR count). The minimum Gasteiger partial charge on any atom is -0.379 e. The van der Waals surface area contributed by atoms with Crippen LogP contribution in [0.15, 0.2) is 23.1 Å². The molecule has 198 valence electrons. The van der Waals surface area contributed by atoms with Gasteiger partial charge in [-0.1, -0.05) is 23.2 Å². The molecule has 0 bridgehead atoms. The van der Waals surface area contributed by atoms with Gasteiger partial charge in [-0.3, -0.25) is 10.3 Å². The molecule has 0 amide bonds. The van der Waals surface area contributed by atoms with Gasteiger partial charge in [-0.15, -0.1) is 11.8 Å². The van der Waals surface area contributed by atoms with E-state index in [1.807, 2.05) is 0 Å². The van der Waals surface area contributed by atoms with Crippen molar-refractivity contribution in [1.29, 1.82) is 5.41 Å². The summed E-state index contributed by atoms with van der Waals surface area (Å²) in [4.78, 5) is 5.28. The number of nitrogens with one attached hydrogen (secondary N) is 3. The molecule has 0 spiro atoms. The second-order valence-electron chi connectivity index (χ2n) is 10.4. The number of amidine groups is 1. The normalized spacial score (nSPS) is 29.0. The Morgan fingerprint density at radius 2 is 1.97 bits per heavy atom. The number of ether oxygens (including phenoxy) is 1. The van der Waals surface area contributed by atoms with Gasteiger partial charge in [0.1, 0.15) is 17.5 Å². The maximum absolute atomic E-state index is 15.0. The number of likely N-dealkylation sites (tertiary alicyclic amines) is 1. The Morgan fingerprint density at radius 3 is 2.68 bits per heavy atom. The summed E-state index contributed by atoms with van der Waals surface area (Å²) in [6.45, 7) is 8.25. The molecule has 0 saturated carbocycles. The van der Waals surface area contributed by atoms with Crippen molar-refractivity contribution in [3.05, 3.63) is 45.4 Å². The van der Waals surface area contributed by atoms with Gasteiger partial charge >= 0.3 is 0 Å². The maximum atomic E-state index is 15.0. The van der Waals surface area contributed by atoms with Crippen molar-refractivity contribution in [2.75, 3.05) is 43.9 Å². The Hall–Kier alpha value is -1.62.